The van der Waals surface area contributed by atoms with Gasteiger partial charge < -0.3 is 15.4 Å². The average Bonchev–Trinajstić information content (AvgIpc) is 2.90. The highest BCUT2D eigenvalue weighted by Gasteiger charge is 2.51. The average molecular weight is 708 g/mol. The molecular formula is C28H27Cl4F5N2O5. The Morgan fingerprint density at radius 2 is 1.50 bits per heavy atom. The summed E-state index contributed by atoms with van der Waals surface area (Å²) in [7, 11) is 0. The zero-order valence-electron chi connectivity index (χ0n) is 23.2. The number of nitrogens with one attached hydrogen (secondary N) is 2. The van der Waals surface area contributed by atoms with Crippen molar-refractivity contribution in [1.82, 2.24) is 10.6 Å². The van der Waals surface area contributed by atoms with Gasteiger partial charge in [0.2, 0.25) is 5.78 Å². The molecule has 0 radical (unpaired) electrons. The van der Waals surface area contributed by atoms with Gasteiger partial charge in [-0.3, -0.25) is 19.2 Å². The topological polar surface area (TPSA) is 102 Å². The fraction of sp³-hybridized carbons (Fsp3) is 0.429. The van der Waals surface area contributed by atoms with Gasteiger partial charge >= 0.3 is 12.1 Å². The quantitative estimate of drug-likeness (QED) is 0.155. The first-order chi connectivity index (χ1) is 20.3. The molecular weight excluding hydrogens is 681 g/mol. The minimum atomic E-state index is -4.73. The van der Waals surface area contributed by atoms with Gasteiger partial charge in [-0.2, -0.15) is 22.0 Å². The van der Waals surface area contributed by atoms with Crippen molar-refractivity contribution in [3.63, 3.8) is 0 Å². The normalized spacial score (nSPS) is 13.3. The first-order valence-corrected chi connectivity index (χ1v) is 14.4. The number of hydrogen-bond acceptors (Lipinski definition) is 5. The van der Waals surface area contributed by atoms with Crippen LogP contribution in [-0.2, 0) is 25.6 Å². The van der Waals surface area contributed by atoms with Crippen LogP contribution in [0, 0.1) is 11.8 Å². The van der Waals surface area contributed by atoms with Gasteiger partial charge in [-0.05, 0) is 48.2 Å². The van der Waals surface area contributed by atoms with E-state index in [0.717, 1.165) is 0 Å². The number of rotatable bonds is 15. The third-order valence-corrected chi connectivity index (χ3v) is 7.38. The molecule has 0 fully saturated rings. The van der Waals surface area contributed by atoms with Crippen LogP contribution in [0.4, 0.5) is 22.0 Å². The molecule has 2 atom stereocenters. The Kier molecular flexibility index (Phi) is 13.7. The molecule has 2 rings (SSSR count). The van der Waals surface area contributed by atoms with Crippen LogP contribution in [0.1, 0.15) is 32.3 Å². The fourth-order valence-electron chi connectivity index (χ4n) is 3.91. The van der Waals surface area contributed by atoms with Gasteiger partial charge in [0.25, 0.3) is 11.8 Å². The summed E-state index contributed by atoms with van der Waals surface area (Å²) < 4.78 is 72.0. The second kappa shape index (κ2) is 16.1. The van der Waals surface area contributed by atoms with Gasteiger partial charge in [0.15, 0.2) is 12.4 Å². The van der Waals surface area contributed by atoms with Gasteiger partial charge in [-0.1, -0.05) is 66.3 Å². The molecule has 0 saturated carbocycles. The molecule has 0 aliphatic heterocycles. The lowest BCUT2D eigenvalue weighted by Gasteiger charge is -2.26. The van der Waals surface area contributed by atoms with E-state index in [0.29, 0.717) is 5.56 Å². The Balaban J connectivity index is 2.24. The Bertz CT molecular complexity index is 1350. The summed E-state index contributed by atoms with van der Waals surface area (Å²) in [6.45, 7) is 0.927. The smallest absolute Gasteiger partial charge is 0.390 e. The van der Waals surface area contributed by atoms with Crippen LogP contribution in [0.2, 0.25) is 20.1 Å². The van der Waals surface area contributed by atoms with E-state index in [4.69, 9.17) is 51.1 Å². The number of Topliss-reactive ketones (excluding diaryl/α,β-unsaturated/α-hetero) is 2. The van der Waals surface area contributed by atoms with E-state index in [1.54, 1.807) is 0 Å². The Labute approximate surface area is 269 Å². The van der Waals surface area contributed by atoms with E-state index >= 15 is 0 Å². The van der Waals surface area contributed by atoms with Crippen molar-refractivity contribution in [3.05, 3.63) is 62.1 Å². The molecule has 0 aliphatic rings. The summed E-state index contributed by atoms with van der Waals surface area (Å²) in [5.74, 6) is -13.0. The molecule has 2 aromatic rings. The largest absolute Gasteiger partial charge is 0.484 e. The lowest BCUT2D eigenvalue weighted by Crippen LogP contribution is -2.51. The van der Waals surface area contributed by atoms with Gasteiger partial charge in [0.1, 0.15) is 5.75 Å². The van der Waals surface area contributed by atoms with Crippen LogP contribution in [0.5, 0.6) is 5.75 Å². The summed E-state index contributed by atoms with van der Waals surface area (Å²) >= 11 is 23.8. The number of halogens is 9. The number of benzene rings is 2. The molecule has 2 N–H and O–H groups in total. The van der Waals surface area contributed by atoms with E-state index in [2.05, 4.69) is 5.32 Å². The third-order valence-electron chi connectivity index (χ3n) is 6.20. The SMILES string of the molecule is CC(C)[C@H](CC(=O)[C@H](Cc1ccc(Cl)c(Cl)c1)NC(=O)COc1cc(Cl)cc(Cl)c1)C(=O)C(F)(F)C(=O)NCCC(F)(F)F. The minimum Gasteiger partial charge on any atom is -0.484 e. The number of hydrogen-bond donors (Lipinski definition) is 2. The summed E-state index contributed by atoms with van der Waals surface area (Å²) in [5.41, 5.74) is 0.419. The van der Waals surface area contributed by atoms with Crippen molar-refractivity contribution in [2.24, 2.45) is 11.8 Å². The maximum atomic E-state index is 14.8. The molecule has 0 unspecified atom stereocenters. The van der Waals surface area contributed by atoms with E-state index in [-0.39, 0.29) is 32.3 Å². The molecule has 0 aromatic heterocycles. The van der Waals surface area contributed by atoms with Crippen LogP contribution in [0.15, 0.2) is 36.4 Å². The minimum absolute atomic E-state index is 0.134. The standard InChI is InChI=1S/C28H27Cl4F5N2O5/c1-14(2)19(25(42)28(36,37)26(43)38-6-5-27(33,34)35)12-23(40)22(8-15-3-4-20(31)21(32)7-15)39-24(41)13-44-18-10-16(29)9-17(30)11-18/h3-4,7,9-11,14,19,22H,5-6,8,12-13H2,1-2H3,(H,38,43)(H,39,41)/t19-,22-/m0/s1. The van der Waals surface area contributed by atoms with Crippen LogP contribution in [-0.4, -0.2) is 54.7 Å². The zero-order chi connectivity index (χ0) is 33.4. The van der Waals surface area contributed by atoms with Crippen LogP contribution < -0.4 is 15.4 Å². The lowest BCUT2D eigenvalue weighted by molar-refractivity contribution is -0.163. The molecule has 0 spiro atoms. The predicted molar refractivity (Wildman–Crippen MR) is 156 cm³/mol. The van der Waals surface area contributed by atoms with Crippen molar-refractivity contribution < 1.29 is 45.9 Å². The van der Waals surface area contributed by atoms with Crippen molar-refractivity contribution in [1.29, 1.82) is 0 Å². The van der Waals surface area contributed by atoms with Crippen molar-refractivity contribution in [2.45, 2.75) is 51.3 Å². The second-order valence-electron chi connectivity index (χ2n) is 10.0. The van der Waals surface area contributed by atoms with Crippen molar-refractivity contribution >= 4 is 69.8 Å². The van der Waals surface area contributed by atoms with Gasteiger partial charge in [-0.25, -0.2) is 0 Å². The lowest BCUT2D eigenvalue weighted by atomic mass is 9.82. The van der Waals surface area contributed by atoms with Crippen LogP contribution in [0.25, 0.3) is 0 Å². The maximum Gasteiger partial charge on any atom is 0.390 e. The highest BCUT2D eigenvalue weighted by molar-refractivity contribution is 6.42. The van der Waals surface area contributed by atoms with Gasteiger partial charge in [0.05, 0.1) is 22.5 Å². The molecule has 0 heterocycles. The highest BCUT2D eigenvalue weighted by atomic mass is 35.5. The number of amides is 2. The molecule has 2 amide bonds. The zero-order valence-corrected chi connectivity index (χ0v) is 26.2. The first-order valence-electron chi connectivity index (χ1n) is 12.9. The van der Waals surface area contributed by atoms with Gasteiger partial charge in [0, 0.05) is 28.9 Å². The Morgan fingerprint density at radius 3 is 2.05 bits per heavy atom. The monoisotopic (exact) mass is 706 g/mol. The molecule has 242 valence electrons. The van der Waals surface area contributed by atoms with E-state index < -0.39 is 79.4 Å². The number of ketones is 2. The molecule has 44 heavy (non-hydrogen) atoms. The Hall–Kier alpha value is -2.67. The summed E-state index contributed by atoms with van der Waals surface area (Å²) in [6, 6.07) is 7.20. The van der Waals surface area contributed by atoms with Crippen LogP contribution in [0.3, 0.4) is 0 Å². The van der Waals surface area contributed by atoms with E-state index in [1.807, 2.05) is 0 Å². The number of alkyl halides is 5. The number of carbonyl (C=O) groups is 4. The molecule has 0 bridgehead atoms. The van der Waals surface area contributed by atoms with E-state index in [9.17, 15) is 41.1 Å². The number of ether oxygens (including phenoxy) is 1. The molecule has 2 aromatic carbocycles. The van der Waals surface area contributed by atoms with Crippen molar-refractivity contribution in [3.8, 4) is 5.75 Å². The Morgan fingerprint density at radius 1 is 0.886 bits per heavy atom. The van der Waals surface area contributed by atoms with Crippen LogP contribution >= 0.6 is 46.4 Å². The first kappa shape index (κ1) is 37.5. The summed E-state index contributed by atoms with van der Waals surface area (Å²) in [4.78, 5) is 51.0. The molecule has 0 aliphatic carbocycles. The second-order valence-corrected chi connectivity index (χ2v) is 11.7. The van der Waals surface area contributed by atoms with E-state index in [1.165, 1.54) is 55.6 Å². The van der Waals surface area contributed by atoms with Crippen molar-refractivity contribution in [2.75, 3.05) is 13.2 Å². The highest BCUT2D eigenvalue weighted by Crippen LogP contribution is 2.29. The predicted octanol–water partition coefficient (Wildman–Crippen LogP) is 6.91. The fourth-order valence-corrected chi connectivity index (χ4v) is 4.73. The number of carbonyl (C=O) groups excluding carboxylic acids is 4. The summed E-state index contributed by atoms with van der Waals surface area (Å²) in [6.07, 6.45) is -7.34. The maximum absolute atomic E-state index is 14.8. The molecule has 7 nitrogen and oxygen atoms in total. The molecule has 0 saturated heterocycles. The third kappa shape index (κ3) is 11.7. The summed E-state index contributed by atoms with van der Waals surface area (Å²) in [5, 5.41) is 4.66. The molecule has 16 heteroatoms. The van der Waals surface area contributed by atoms with Gasteiger partial charge in [-0.15, -0.1) is 0 Å².